The summed E-state index contributed by atoms with van der Waals surface area (Å²) in [4.78, 5) is 11.0. The van der Waals surface area contributed by atoms with Crippen molar-refractivity contribution < 1.29 is 10.0 Å². The molecule has 0 radical (unpaired) electrons. The van der Waals surface area contributed by atoms with Gasteiger partial charge in [0.15, 0.2) is 0 Å². The molecule has 0 unspecified atom stereocenters. The van der Waals surface area contributed by atoms with E-state index in [0.717, 1.165) is 19.3 Å². The molecule has 0 aromatic carbocycles. The Bertz CT molecular complexity index is 145. The normalized spacial score (nSPS) is 9.50. The predicted octanol–water partition coefficient (Wildman–Crippen LogP) is 1.97. The lowest BCUT2D eigenvalue weighted by atomic mass is 10.2. The lowest BCUT2D eigenvalue weighted by molar-refractivity contribution is -0.162. The maximum Gasteiger partial charge on any atom is 0.246 e. The SMILES string of the molecule is C=CCN(O)C(=O)CCCCC. The molecule has 0 fully saturated rings. The third-order valence-electron chi connectivity index (χ3n) is 1.58. The summed E-state index contributed by atoms with van der Waals surface area (Å²) in [6, 6.07) is 0. The Morgan fingerprint density at radius 2 is 2.25 bits per heavy atom. The van der Waals surface area contributed by atoms with Gasteiger partial charge < -0.3 is 0 Å². The third-order valence-corrected chi connectivity index (χ3v) is 1.58. The van der Waals surface area contributed by atoms with Crippen LogP contribution < -0.4 is 0 Å². The van der Waals surface area contributed by atoms with Crippen LogP contribution in [0.5, 0.6) is 0 Å². The van der Waals surface area contributed by atoms with Crippen molar-refractivity contribution in [2.24, 2.45) is 0 Å². The molecule has 0 saturated carbocycles. The van der Waals surface area contributed by atoms with E-state index in [4.69, 9.17) is 5.21 Å². The van der Waals surface area contributed by atoms with E-state index in [9.17, 15) is 4.79 Å². The zero-order chi connectivity index (χ0) is 9.40. The minimum absolute atomic E-state index is 0.213. The van der Waals surface area contributed by atoms with Gasteiger partial charge in [-0.05, 0) is 6.42 Å². The van der Waals surface area contributed by atoms with Crippen molar-refractivity contribution in [3.8, 4) is 0 Å². The summed E-state index contributed by atoms with van der Waals surface area (Å²) < 4.78 is 0. The predicted molar refractivity (Wildman–Crippen MR) is 47.8 cm³/mol. The van der Waals surface area contributed by atoms with Crippen molar-refractivity contribution in [3.05, 3.63) is 12.7 Å². The van der Waals surface area contributed by atoms with Crippen LogP contribution in [0.15, 0.2) is 12.7 Å². The number of amides is 1. The van der Waals surface area contributed by atoms with Crippen LogP contribution in [0, 0.1) is 0 Å². The molecule has 70 valence electrons. The van der Waals surface area contributed by atoms with Gasteiger partial charge in [0, 0.05) is 6.42 Å². The number of unbranched alkanes of at least 4 members (excludes halogenated alkanes) is 2. The molecule has 0 heterocycles. The molecule has 0 aliphatic heterocycles. The second kappa shape index (κ2) is 6.85. The highest BCUT2D eigenvalue weighted by Gasteiger charge is 2.07. The Labute approximate surface area is 73.6 Å². The van der Waals surface area contributed by atoms with Crippen molar-refractivity contribution in [2.75, 3.05) is 6.54 Å². The summed E-state index contributed by atoms with van der Waals surface area (Å²) in [5, 5.41) is 9.74. The largest absolute Gasteiger partial charge is 0.286 e. The van der Waals surface area contributed by atoms with Gasteiger partial charge in [0.2, 0.25) is 5.91 Å². The molecule has 3 heteroatoms. The van der Waals surface area contributed by atoms with Crippen molar-refractivity contribution in [3.63, 3.8) is 0 Å². The van der Waals surface area contributed by atoms with Crippen molar-refractivity contribution in [1.82, 2.24) is 5.06 Å². The van der Waals surface area contributed by atoms with Crippen LogP contribution in [0.25, 0.3) is 0 Å². The number of hydrogen-bond donors (Lipinski definition) is 1. The van der Waals surface area contributed by atoms with Crippen molar-refractivity contribution in [1.29, 1.82) is 0 Å². The molecule has 0 saturated heterocycles. The average Bonchev–Trinajstić information content (AvgIpc) is 2.05. The quantitative estimate of drug-likeness (QED) is 0.287. The molecule has 0 aromatic heterocycles. The van der Waals surface area contributed by atoms with Crippen LogP contribution >= 0.6 is 0 Å². The summed E-state index contributed by atoms with van der Waals surface area (Å²) in [7, 11) is 0. The van der Waals surface area contributed by atoms with Gasteiger partial charge in [-0.2, -0.15) is 0 Å². The van der Waals surface area contributed by atoms with Gasteiger partial charge in [-0.25, -0.2) is 5.06 Å². The second-order valence-corrected chi connectivity index (χ2v) is 2.72. The van der Waals surface area contributed by atoms with E-state index >= 15 is 0 Å². The van der Waals surface area contributed by atoms with Crippen LogP contribution in [0.4, 0.5) is 0 Å². The lowest BCUT2D eigenvalue weighted by Crippen LogP contribution is -2.26. The van der Waals surface area contributed by atoms with Gasteiger partial charge in [0.1, 0.15) is 0 Å². The Hall–Kier alpha value is -0.830. The standard InChI is InChI=1S/C9H17NO2/c1-3-5-6-7-9(11)10(12)8-4-2/h4,12H,2-3,5-8H2,1H3. The number of rotatable bonds is 6. The van der Waals surface area contributed by atoms with Crippen LogP contribution in [0.1, 0.15) is 32.6 Å². The summed E-state index contributed by atoms with van der Waals surface area (Å²) in [5.41, 5.74) is 0. The van der Waals surface area contributed by atoms with Gasteiger partial charge in [-0.15, -0.1) is 6.58 Å². The number of hydroxylamine groups is 2. The maximum atomic E-state index is 11.0. The molecule has 0 spiro atoms. The van der Waals surface area contributed by atoms with Gasteiger partial charge in [-0.3, -0.25) is 10.0 Å². The summed E-state index contributed by atoms with van der Waals surface area (Å²) >= 11 is 0. The molecule has 3 nitrogen and oxygen atoms in total. The van der Waals surface area contributed by atoms with Crippen LogP contribution in [0.2, 0.25) is 0 Å². The van der Waals surface area contributed by atoms with E-state index in [1.54, 1.807) is 0 Å². The molecule has 1 N–H and O–H groups in total. The lowest BCUT2D eigenvalue weighted by Gasteiger charge is -2.11. The minimum atomic E-state index is -0.219. The molecular formula is C9H17NO2. The van der Waals surface area contributed by atoms with Crippen LogP contribution in [0.3, 0.4) is 0 Å². The van der Waals surface area contributed by atoms with Crippen LogP contribution in [-0.4, -0.2) is 22.7 Å². The summed E-state index contributed by atoms with van der Waals surface area (Å²) in [6.07, 6.45) is 4.90. The maximum absolute atomic E-state index is 11.0. The first-order valence-electron chi connectivity index (χ1n) is 4.32. The third kappa shape index (κ3) is 4.91. The highest BCUT2D eigenvalue weighted by molar-refractivity contribution is 5.74. The second-order valence-electron chi connectivity index (χ2n) is 2.72. The monoisotopic (exact) mass is 171 g/mol. The zero-order valence-corrected chi connectivity index (χ0v) is 7.62. The van der Waals surface area contributed by atoms with Crippen molar-refractivity contribution in [2.45, 2.75) is 32.6 Å². The fourth-order valence-electron chi connectivity index (χ4n) is 0.879. The Morgan fingerprint density at radius 3 is 2.75 bits per heavy atom. The summed E-state index contributed by atoms with van der Waals surface area (Å²) in [6.45, 7) is 5.71. The van der Waals surface area contributed by atoms with E-state index in [2.05, 4.69) is 13.5 Å². The molecule has 12 heavy (non-hydrogen) atoms. The molecular weight excluding hydrogens is 154 g/mol. The number of nitrogens with zero attached hydrogens (tertiary/aromatic N) is 1. The molecule has 0 aliphatic rings. The smallest absolute Gasteiger partial charge is 0.246 e. The minimum Gasteiger partial charge on any atom is -0.286 e. The fraction of sp³-hybridized carbons (Fsp3) is 0.667. The highest BCUT2D eigenvalue weighted by Crippen LogP contribution is 2.01. The van der Waals surface area contributed by atoms with Crippen molar-refractivity contribution >= 4 is 5.91 Å². The van der Waals surface area contributed by atoms with Gasteiger partial charge >= 0.3 is 0 Å². The zero-order valence-electron chi connectivity index (χ0n) is 7.62. The van der Waals surface area contributed by atoms with Gasteiger partial charge in [0.05, 0.1) is 6.54 Å². The fourth-order valence-corrected chi connectivity index (χ4v) is 0.879. The first kappa shape index (κ1) is 11.2. The summed E-state index contributed by atoms with van der Waals surface area (Å²) in [5.74, 6) is -0.219. The van der Waals surface area contributed by atoms with E-state index < -0.39 is 0 Å². The highest BCUT2D eigenvalue weighted by atomic mass is 16.5. The molecule has 0 aliphatic carbocycles. The topological polar surface area (TPSA) is 40.5 Å². The first-order chi connectivity index (χ1) is 5.72. The van der Waals surface area contributed by atoms with Crippen LogP contribution in [-0.2, 0) is 4.79 Å². The van der Waals surface area contributed by atoms with E-state index in [-0.39, 0.29) is 12.5 Å². The van der Waals surface area contributed by atoms with E-state index in [1.807, 2.05) is 0 Å². The molecule has 0 aromatic rings. The molecule has 0 bridgehead atoms. The van der Waals surface area contributed by atoms with E-state index in [1.165, 1.54) is 6.08 Å². The Kier molecular flexibility index (Phi) is 6.38. The molecule has 1 amide bonds. The van der Waals surface area contributed by atoms with E-state index in [0.29, 0.717) is 11.5 Å². The molecule has 0 atom stereocenters. The van der Waals surface area contributed by atoms with Gasteiger partial charge in [0.25, 0.3) is 0 Å². The number of carbonyl (C=O) groups excluding carboxylic acids is 1. The first-order valence-corrected chi connectivity index (χ1v) is 4.32. The average molecular weight is 171 g/mol. The Balaban J connectivity index is 3.49. The molecule has 0 rings (SSSR count). The van der Waals surface area contributed by atoms with Gasteiger partial charge in [-0.1, -0.05) is 25.8 Å². The number of hydrogen-bond acceptors (Lipinski definition) is 2. The Morgan fingerprint density at radius 1 is 1.58 bits per heavy atom. The number of carbonyl (C=O) groups is 1.